The molecule has 16 heavy (non-hydrogen) atoms. The fourth-order valence-corrected chi connectivity index (χ4v) is 2.13. The molecule has 90 valence electrons. The van der Waals surface area contributed by atoms with Crippen LogP contribution in [0.15, 0.2) is 12.5 Å². The third kappa shape index (κ3) is 2.83. The van der Waals surface area contributed by atoms with E-state index in [0.717, 1.165) is 19.7 Å². The Kier molecular flexibility index (Phi) is 3.96. The normalized spacial score (nSPS) is 20.8. The highest BCUT2D eigenvalue weighted by Gasteiger charge is 2.19. The topological polar surface area (TPSA) is 39.1 Å². The van der Waals surface area contributed by atoms with E-state index in [9.17, 15) is 0 Å². The number of nitrogens with zero attached hydrogens (tertiary/aromatic N) is 2. The third-order valence-corrected chi connectivity index (χ3v) is 2.95. The highest BCUT2D eigenvalue weighted by atomic mass is 16.5. The molecule has 0 radical (unpaired) electrons. The van der Waals surface area contributed by atoms with E-state index < -0.39 is 0 Å². The molecule has 1 fully saturated rings. The fourth-order valence-electron chi connectivity index (χ4n) is 2.13. The molecule has 1 aliphatic heterocycles. The molecule has 1 aromatic rings. The fraction of sp³-hybridized carbons (Fsp3) is 0.750. The smallest absolute Gasteiger partial charge is 0.0949 e. The van der Waals surface area contributed by atoms with Gasteiger partial charge in [0.25, 0.3) is 0 Å². The van der Waals surface area contributed by atoms with Crippen LogP contribution in [-0.2, 0) is 11.3 Å². The molecule has 0 aromatic carbocycles. The molecule has 0 saturated carbocycles. The lowest BCUT2D eigenvalue weighted by molar-refractivity contribution is 0.0722. The Morgan fingerprint density at radius 2 is 2.50 bits per heavy atom. The zero-order valence-corrected chi connectivity index (χ0v) is 10.1. The van der Waals surface area contributed by atoms with Crippen LogP contribution in [0.1, 0.15) is 38.4 Å². The summed E-state index contributed by atoms with van der Waals surface area (Å²) in [5, 5.41) is 3.50. The van der Waals surface area contributed by atoms with Gasteiger partial charge in [-0.25, -0.2) is 4.98 Å². The molecular weight excluding hydrogens is 202 g/mol. The summed E-state index contributed by atoms with van der Waals surface area (Å²) in [6.45, 7) is 6.90. The summed E-state index contributed by atoms with van der Waals surface area (Å²) in [5.74, 6) is 0. The van der Waals surface area contributed by atoms with Crippen molar-refractivity contribution in [3.8, 4) is 0 Å². The summed E-state index contributed by atoms with van der Waals surface area (Å²) in [7, 11) is 0. The van der Waals surface area contributed by atoms with Crippen molar-refractivity contribution < 1.29 is 4.74 Å². The minimum atomic E-state index is 0.302. The van der Waals surface area contributed by atoms with Gasteiger partial charge in [-0.15, -0.1) is 0 Å². The van der Waals surface area contributed by atoms with E-state index in [-0.39, 0.29) is 0 Å². The first kappa shape index (κ1) is 11.6. The van der Waals surface area contributed by atoms with Gasteiger partial charge in [0, 0.05) is 18.8 Å². The predicted molar refractivity (Wildman–Crippen MR) is 63.3 cm³/mol. The molecule has 4 heteroatoms. The number of rotatable bonds is 5. The second-order valence-electron chi connectivity index (χ2n) is 4.58. The summed E-state index contributed by atoms with van der Waals surface area (Å²) in [6.07, 6.45) is 6.66. The van der Waals surface area contributed by atoms with Gasteiger partial charge in [0.15, 0.2) is 0 Å². The first-order chi connectivity index (χ1) is 7.77. The van der Waals surface area contributed by atoms with Crippen molar-refractivity contribution in [1.29, 1.82) is 0 Å². The van der Waals surface area contributed by atoms with Crippen molar-refractivity contribution in [3.63, 3.8) is 0 Å². The van der Waals surface area contributed by atoms with Crippen molar-refractivity contribution in [2.75, 3.05) is 13.2 Å². The molecule has 2 heterocycles. The summed E-state index contributed by atoms with van der Waals surface area (Å²) in [6, 6.07) is 0.488. The molecule has 4 nitrogen and oxygen atoms in total. The van der Waals surface area contributed by atoms with Crippen LogP contribution in [0.3, 0.4) is 0 Å². The number of aromatic nitrogens is 2. The van der Waals surface area contributed by atoms with Gasteiger partial charge in [-0.1, -0.05) is 0 Å². The summed E-state index contributed by atoms with van der Waals surface area (Å²) in [4.78, 5) is 4.23. The Balaban J connectivity index is 1.91. The first-order valence-electron chi connectivity index (χ1n) is 6.12. The van der Waals surface area contributed by atoms with Crippen LogP contribution >= 0.6 is 0 Å². The van der Waals surface area contributed by atoms with Crippen LogP contribution in [0.25, 0.3) is 0 Å². The van der Waals surface area contributed by atoms with Gasteiger partial charge < -0.3 is 14.6 Å². The Bertz CT molecular complexity index is 316. The predicted octanol–water partition coefficient (Wildman–Crippen LogP) is 1.73. The van der Waals surface area contributed by atoms with Crippen molar-refractivity contribution in [1.82, 2.24) is 14.9 Å². The van der Waals surface area contributed by atoms with E-state index in [2.05, 4.69) is 28.7 Å². The largest absolute Gasteiger partial charge is 0.377 e. The van der Waals surface area contributed by atoms with E-state index in [1.807, 2.05) is 12.5 Å². The zero-order valence-electron chi connectivity index (χ0n) is 10.1. The maximum absolute atomic E-state index is 5.56. The Morgan fingerprint density at radius 1 is 1.62 bits per heavy atom. The zero-order chi connectivity index (χ0) is 11.4. The van der Waals surface area contributed by atoms with Gasteiger partial charge in [0.05, 0.1) is 24.7 Å². The summed E-state index contributed by atoms with van der Waals surface area (Å²) < 4.78 is 7.76. The van der Waals surface area contributed by atoms with Gasteiger partial charge in [-0.05, 0) is 33.2 Å². The average molecular weight is 223 g/mol. The molecule has 1 N–H and O–H groups in total. The van der Waals surface area contributed by atoms with Gasteiger partial charge >= 0.3 is 0 Å². The highest BCUT2D eigenvalue weighted by Crippen LogP contribution is 2.22. The Labute approximate surface area is 97.0 Å². The van der Waals surface area contributed by atoms with Crippen LogP contribution in [0, 0.1) is 0 Å². The van der Waals surface area contributed by atoms with E-state index in [1.165, 1.54) is 18.5 Å². The second kappa shape index (κ2) is 5.46. The van der Waals surface area contributed by atoms with Crippen molar-refractivity contribution in [3.05, 3.63) is 18.2 Å². The van der Waals surface area contributed by atoms with Crippen molar-refractivity contribution in [2.24, 2.45) is 0 Å². The van der Waals surface area contributed by atoms with E-state index in [4.69, 9.17) is 4.74 Å². The van der Waals surface area contributed by atoms with Gasteiger partial charge in [-0.3, -0.25) is 0 Å². The van der Waals surface area contributed by atoms with E-state index in [0.29, 0.717) is 12.1 Å². The minimum Gasteiger partial charge on any atom is -0.377 e. The van der Waals surface area contributed by atoms with Crippen LogP contribution in [-0.4, -0.2) is 28.8 Å². The molecule has 0 amide bonds. The van der Waals surface area contributed by atoms with Crippen LogP contribution in [0.4, 0.5) is 0 Å². The van der Waals surface area contributed by atoms with Gasteiger partial charge in [0.1, 0.15) is 0 Å². The molecule has 1 atom stereocenters. The summed E-state index contributed by atoms with van der Waals surface area (Å²) >= 11 is 0. The molecule has 2 rings (SSSR count). The quantitative estimate of drug-likeness (QED) is 0.826. The number of imidazole rings is 1. The maximum atomic E-state index is 5.56. The summed E-state index contributed by atoms with van der Waals surface area (Å²) in [5.41, 5.74) is 1.30. The third-order valence-electron chi connectivity index (χ3n) is 2.95. The number of nitrogens with one attached hydrogen (secondary N) is 1. The Hall–Kier alpha value is -0.870. The Morgan fingerprint density at radius 3 is 3.19 bits per heavy atom. The molecule has 0 spiro atoms. The van der Waals surface area contributed by atoms with Crippen LogP contribution in [0.5, 0.6) is 0 Å². The molecule has 0 bridgehead atoms. The lowest BCUT2D eigenvalue weighted by atomic mass is 10.2. The lowest BCUT2D eigenvalue weighted by Crippen LogP contribution is -2.18. The van der Waals surface area contributed by atoms with Crippen LogP contribution < -0.4 is 5.32 Å². The molecule has 0 aliphatic carbocycles. The number of hydrogen-bond acceptors (Lipinski definition) is 3. The SMILES string of the molecule is CC(C)OCCn1cncc1C1CCCN1. The standard InChI is InChI=1S/C12H21N3O/c1-10(2)16-7-6-15-9-13-8-12(15)11-4-3-5-14-11/h8-11,14H,3-7H2,1-2H3. The van der Waals surface area contributed by atoms with E-state index >= 15 is 0 Å². The second-order valence-corrected chi connectivity index (χ2v) is 4.58. The highest BCUT2D eigenvalue weighted by molar-refractivity contribution is 5.07. The molecule has 1 unspecified atom stereocenters. The monoisotopic (exact) mass is 223 g/mol. The van der Waals surface area contributed by atoms with Gasteiger partial charge in [0.2, 0.25) is 0 Å². The van der Waals surface area contributed by atoms with Gasteiger partial charge in [-0.2, -0.15) is 0 Å². The number of ether oxygens (including phenoxy) is 1. The van der Waals surface area contributed by atoms with Crippen LogP contribution in [0.2, 0.25) is 0 Å². The van der Waals surface area contributed by atoms with Crippen molar-refractivity contribution >= 4 is 0 Å². The molecule has 1 aliphatic rings. The lowest BCUT2D eigenvalue weighted by Gasteiger charge is -2.14. The molecular formula is C12H21N3O. The first-order valence-corrected chi connectivity index (χ1v) is 6.12. The van der Waals surface area contributed by atoms with Crippen molar-refractivity contribution in [2.45, 2.75) is 45.4 Å². The maximum Gasteiger partial charge on any atom is 0.0949 e. The molecule has 1 saturated heterocycles. The van der Waals surface area contributed by atoms with E-state index in [1.54, 1.807) is 0 Å². The number of hydrogen-bond donors (Lipinski definition) is 1. The average Bonchev–Trinajstić information content (AvgIpc) is 2.84. The molecule has 1 aromatic heterocycles. The minimum absolute atomic E-state index is 0.302.